The molecule has 5 N–H and O–H groups in total. The smallest absolute Gasteiger partial charge is 0.305 e. The fraction of sp³-hybridized carbons (Fsp3) is 0.278. The highest BCUT2D eigenvalue weighted by molar-refractivity contribution is 7.15. The molecule has 2 rings (SSSR count). The van der Waals surface area contributed by atoms with Gasteiger partial charge in [0, 0.05) is 6.54 Å². The van der Waals surface area contributed by atoms with Gasteiger partial charge in [0.15, 0.2) is 0 Å². The second kappa shape index (κ2) is 9.69. The van der Waals surface area contributed by atoms with Crippen molar-refractivity contribution in [3.8, 4) is 0 Å². The lowest BCUT2D eigenvalue weighted by Gasteiger charge is -2.16. The molecule has 0 saturated carbocycles. The van der Waals surface area contributed by atoms with Gasteiger partial charge in [-0.25, -0.2) is 0 Å². The van der Waals surface area contributed by atoms with Crippen molar-refractivity contribution in [1.29, 1.82) is 0 Å². The van der Waals surface area contributed by atoms with Gasteiger partial charge in [-0.15, -0.1) is 11.3 Å². The number of nitrogens with one attached hydrogen (secondary N) is 2. The Balaban J connectivity index is 2.05. The SMILES string of the molecule is NCCCNC(=O)c1ccc(C(=O)NC(CC(=O)O)c2ccccc2)s1. The van der Waals surface area contributed by atoms with E-state index in [1.807, 2.05) is 6.07 Å². The minimum Gasteiger partial charge on any atom is -0.481 e. The van der Waals surface area contributed by atoms with Gasteiger partial charge in [0.05, 0.1) is 22.2 Å². The lowest BCUT2D eigenvalue weighted by molar-refractivity contribution is -0.137. The van der Waals surface area contributed by atoms with Crippen molar-refractivity contribution in [2.24, 2.45) is 5.73 Å². The molecule has 0 fully saturated rings. The summed E-state index contributed by atoms with van der Waals surface area (Å²) in [4.78, 5) is 36.3. The fourth-order valence-electron chi connectivity index (χ4n) is 2.31. The Labute approximate surface area is 155 Å². The summed E-state index contributed by atoms with van der Waals surface area (Å²) in [6, 6.07) is 11.4. The maximum Gasteiger partial charge on any atom is 0.305 e. The van der Waals surface area contributed by atoms with Gasteiger partial charge in [-0.3, -0.25) is 14.4 Å². The van der Waals surface area contributed by atoms with Crippen LogP contribution >= 0.6 is 11.3 Å². The van der Waals surface area contributed by atoms with E-state index in [4.69, 9.17) is 10.8 Å². The molecule has 2 amide bonds. The third-order valence-corrected chi connectivity index (χ3v) is 4.69. The molecular weight excluding hydrogens is 354 g/mol. The Bertz CT molecular complexity index is 761. The third-order valence-electron chi connectivity index (χ3n) is 3.61. The molecule has 1 heterocycles. The van der Waals surface area contributed by atoms with Crippen molar-refractivity contribution in [3.63, 3.8) is 0 Å². The molecule has 1 aromatic heterocycles. The van der Waals surface area contributed by atoms with Crippen LogP contribution in [-0.4, -0.2) is 36.0 Å². The Morgan fingerprint density at radius 3 is 2.31 bits per heavy atom. The molecule has 2 aromatic rings. The first-order valence-electron chi connectivity index (χ1n) is 8.17. The van der Waals surface area contributed by atoms with Gasteiger partial charge in [-0.2, -0.15) is 0 Å². The minimum absolute atomic E-state index is 0.229. The molecule has 0 aliphatic carbocycles. The fourth-order valence-corrected chi connectivity index (χ4v) is 3.14. The van der Waals surface area contributed by atoms with Gasteiger partial charge in [0.25, 0.3) is 11.8 Å². The van der Waals surface area contributed by atoms with Crippen molar-refractivity contribution in [3.05, 3.63) is 57.8 Å². The zero-order valence-electron chi connectivity index (χ0n) is 14.1. The lowest BCUT2D eigenvalue weighted by Crippen LogP contribution is -2.29. The maximum absolute atomic E-state index is 12.5. The predicted octanol–water partition coefficient (Wildman–Crippen LogP) is 1.77. The van der Waals surface area contributed by atoms with E-state index < -0.39 is 17.9 Å². The van der Waals surface area contributed by atoms with Crippen LogP contribution in [0.15, 0.2) is 42.5 Å². The summed E-state index contributed by atoms with van der Waals surface area (Å²) >= 11 is 1.06. The molecule has 0 aliphatic heterocycles. The van der Waals surface area contributed by atoms with E-state index in [1.165, 1.54) is 0 Å². The molecule has 0 saturated heterocycles. The largest absolute Gasteiger partial charge is 0.481 e. The summed E-state index contributed by atoms with van der Waals surface area (Å²) in [7, 11) is 0. The number of hydrogen-bond donors (Lipinski definition) is 4. The number of aliphatic carboxylic acids is 1. The molecule has 1 aromatic carbocycles. The Morgan fingerprint density at radius 1 is 1.04 bits per heavy atom. The molecule has 26 heavy (non-hydrogen) atoms. The minimum atomic E-state index is -1.01. The number of rotatable bonds is 9. The average Bonchev–Trinajstić information content (AvgIpc) is 3.12. The maximum atomic E-state index is 12.5. The van der Waals surface area contributed by atoms with Crippen molar-refractivity contribution < 1.29 is 19.5 Å². The Hall–Kier alpha value is -2.71. The summed E-state index contributed by atoms with van der Waals surface area (Å²) in [5, 5.41) is 14.6. The first kappa shape index (κ1) is 19.6. The molecule has 8 heteroatoms. The number of thiophene rings is 1. The van der Waals surface area contributed by atoms with E-state index in [9.17, 15) is 14.4 Å². The number of carboxylic acids is 1. The predicted molar refractivity (Wildman–Crippen MR) is 99.2 cm³/mol. The molecule has 0 aliphatic rings. The van der Waals surface area contributed by atoms with Crippen LogP contribution < -0.4 is 16.4 Å². The zero-order valence-corrected chi connectivity index (χ0v) is 14.9. The van der Waals surface area contributed by atoms with E-state index in [0.717, 1.165) is 11.3 Å². The third kappa shape index (κ3) is 5.68. The highest BCUT2D eigenvalue weighted by Gasteiger charge is 2.20. The number of benzene rings is 1. The van der Waals surface area contributed by atoms with Gasteiger partial charge >= 0.3 is 5.97 Å². The van der Waals surface area contributed by atoms with Crippen molar-refractivity contribution >= 4 is 29.1 Å². The van der Waals surface area contributed by atoms with Gasteiger partial charge in [-0.05, 0) is 30.7 Å². The first-order chi connectivity index (χ1) is 12.5. The molecule has 0 bridgehead atoms. The second-order valence-corrected chi connectivity index (χ2v) is 6.68. The Morgan fingerprint density at radius 2 is 1.69 bits per heavy atom. The van der Waals surface area contributed by atoms with E-state index >= 15 is 0 Å². The van der Waals surface area contributed by atoms with Gasteiger partial charge in [-0.1, -0.05) is 30.3 Å². The summed E-state index contributed by atoms with van der Waals surface area (Å²) in [5.41, 5.74) is 6.09. The molecule has 7 nitrogen and oxygen atoms in total. The van der Waals surface area contributed by atoms with Gasteiger partial charge < -0.3 is 21.5 Å². The van der Waals surface area contributed by atoms with E-state index in [-0.39, 0.29) is 12.3 Å². The standard InChI is InChI=1S/C18H21N3O4S/c19-9-4-10-20-17(24)14-7-8-15(26-14)18(25)21-13(11-16(22)23)12-5-2-1-3-6-12/h1-3,5-8,13H,4,9-11,19H2,(H,20,24)(H,21,25)(H,22,23). The normalized spacial score (nSPS) is 11.6. The summed E-state index contributed by atoms with van der Waals surface area (Å²) < 4.78 is 0. The van der Waals surface area contributed by atoms with Crippen LogP contribution in [0.4, 0.5) is 0 Å². The van der Waals surface area contributed by atoms with Crippen molar-refractivity contribution in [2.75, 3.05) is 13.1 Å². The number of carbonyl (C=O) groups is 3. The number of amides is 2. The number of carbonyl (C=O) groups excluding carboxylic acids is 2. The molecular formula is C18H21N3O4S. The highest BCUT2D eigenvalue weighted by Crippen LogP contribution is 2.20. The van der Waals surface area contributed by atoms with Crippen molar-refractivity contribution in [2.45, 2.75) is 18.9 Å². The Kier molecular flexibility index (Phi) is 7.31. The quantitative estimate of drug-likeness (QED) is 0.498. The molecule has 1 atom stereocenters. The van der Waals surface area contributed by atoms with Gasteiger partial charge in [0.1, 0.15) is 0 Å². The molecule has 0 radical (unpaired) electrons. The summed E-state index contributed by atoms with van der Waals surface area (Å²) in [5.74, 6) is -1.68. The number of hydrogen-bond acceptors (Lipinski definition) is 5. The van der Waals surface area contributed by atoms with Crippen LogP contribution in [0.25, 0.3) is 0 Å². The van der Waals surface area contributed by atoms with E-state index in [2.05, 4.69) is 10.6 Å². The molecule has 138 valence electrons. The number of carboxylic acid groups (broad SMARTS) is 1. The summed E-state index contributed by atoms with van der Waals surface area (Å²) in [6.45, 7) is 0.965. The highest BCUT2D eigenvalue weighted by atomic mass is 32.1. The van der Waals surface area contributed by atoms with Crippen LogP contribution in [0, 0.1) is 0 Å². The van der Waals surface area contributed by atoms with Crippen LogP contribution in [0.3, 0.4) is 0 Å². The van der Waals surface area contributed by atoms with Crippen molar-refractivity contribution in [1.82, 2.24) is 10.6 Å². The average molecular weight is 375 g/mol. The first-order valence-corrected chi connectivity index (χ1v) is 8.98. The van der Waals surface area contributed by atoms with Crippen LogP contribution in [0.2, 0.25) is 0 Å². The topological polar surface area (TPSA) is 122 Å². The van der Waals surface area contributed by atoms with Crippen LogP contribution in [0.5, 0.6) is 0 Å². The molecule has 0 spiro atoms. The van der Waals surface area contributed by atoms with Gasteiger partial charge in [0.2, 0.25) is 0 Å². The monoisotopic (exact) mass is 375 g/mol. The second-order valence-electron chi connectivity index (χ2n) is 5.60. The zero-order chi connectivity index (χ0) is 18.9. The van der Waals surface area contributed by atoms with Crippen LogP contribution in [0.1, 0.15) is 43.8 Å². The molecule has 1 unspecified atom stereocenters. The van der Waals surface area contributed by atoms with E-state index in [1.54, 1.807) is 36.4 Å². The van der Waals surface area contributed by atoms with Crippen LogP contribution in [-0.2, 0) is 4.79 Å². The number of nitrogens with two attached hydrogens (primary N) is 1. The lowest BCUT2D eigenvalue weighted by atomic mass is 10.0. The summed E-state index contributed by atoms with van der Waals surface area (Å²) in [6.07, 6.45) is 0.450. The van der Waals surface area contributed by atoms with E-state index in [0.29, 0.717) is 34.8 Å².